The molecule has 2 fully saturated rings. The van der Waals surface area contributed by atoms with Crippen LogP contribution in [0.15, 0.2) is 54.6 Å². The molecule has 0 bridgehead atoms. The van der Waals surface area contributed by atoms with Crippen molar-refractivity contribution in [1.29, 1.82) is 0 Å². The second kappa shape index (κ2) is 12.6. The first-order valence-corrected chi connectivity index (χ1v) is 15.6. The molecule has 2 saturated heterocycles. The standard InChI is InChI=1S/C32H31Cl2N5O2S/c1-21-5-7-22(8-6-21)9-11-25-12-14-29(42-25)31-26(20-37-18-24(40)19-37)30(32(41)36-38-15-3-2-4-16-38)35-39(31)28-13-10-23(33)17-27(28)34/h5-8,10,12-14,17,24,40H,2-4,15-16,18-20H2,1H3,(H,36,41). The first kappa shape index (κ1) is 28.9. The number of thiophene rings is 1. The topological polar surface area (TPSA) is 73.6 Å². The molecule has 2 N–H and O–H groups in total. The van der Waals surface area contributed by atoms with Crippen LogP contribution in [0.3, 0.4) is 0 Å². The molecule has 2 aliphatic rings. The number of hydrazine groups is 1. The van der Waals surface area contributed by atoms with Gasteiger partial charge in [-0.3, -0.25) is 15.1 Å². The van der Waals surface area contributed by atoms with E-state index in [9.17, 15) is 9.90 Å². The summed E-state index contributed by atoms with van der Waals surface area (Å²) in [7, 11) is 0. The molecule has 0 aliphatic carbocycles. The first-order chi connectivity index (χ1) is 20.3. The Morgan fingerprint density at radius 2 is 1.81 bits per heavy atom. The number of amides is 1. The van der Waals surface area contributed by atoms with Crippen LogP contribution in [0.1, 0.15) is 51.3 Å². The van der Waals surface area contributed by atoms with Gasteiger partial charge in [-0.1, -0.05) is 59.2 Å². The maximum atomic E-state index is 13.8. The van der Waals surface area contributed by atoms with Crippen LogP contribution >= 0.6 is 34.5 Å². The molecule has 10 heteroatoms. The highest BCUT2D eigenvalue weighted by molar-refractivity contribution is 7.16. The van der Waals surface area contributed by atoms with Crippen molar-refractivity contribution in [3.63, 3.8) is 0 Å². The Hall–Kier alpha value is -3.16. The normalized spacial score (nSPS) is 16.1. The van der Waals surface area contributed by atoms with Gasteiger partial charge in [0.2, 0.25) is 0 Å². The Morgan fingerprint density at radius 3 is 2.52 bits per heavy atom. The van der Waals surface area contributed by atoms with E-state index in [1.54, 1.807) is 28.2 Å². The third kappa shape index (κ3) is 6.42. The fourth-order valence-electron chi connectivity index (χ4n) is 5.26. The number of carbonyl (C=O) groups excluding carboxylic acids is 1. The van der Waals surface area contributed by atoms with E-state index in [2.05, 4.69) is 29.1 Å². The summed E-state index contributed by atoms with van der Waals surface area (Å²) < 4.78 is 1.75. The smallest absolute Gasteiger partial charge is 0.286 e. The number of aliphatic hydroxyl groups is 1. The van der Waals surface area contributed by atoms with Gasteiger partial charge in [-0.05, 0) is 62.2 Å². The lowest BCUT2D eigenvalue weighted by molar-refractivity contribution is -0.00290. The van der Waals surface area contributed by atoms with Crippen molar-refractivity contribution < 1.29 is 9.90 Å². The number of carbonyl (C=O) groups is 1. The van der Waals surface area contributed by atoms with Gasteiger partial charge in [0.1, 0.15) is 0 Å². The molecular weight excluding hydrogens is 589 g/mol. The lowest BCUT2D eigenvalue weighted by Gasteiger charge is -2.36. The van der Waals surface area contributed by atoms with Gasteiger partial charge in [0.15, 0.2) is 5.69 Å². The average molecular weight is 621 g/mol. The summed E-state index contributed by atoms with van der Waals surface area (Å²) in [5.41, 5.74) is 7.74. The van der Waals surface area contributed by atoms with Crippen molar-refractivity contribution in [2.45, 2.75) is 38.8 Å². The minimum atomic E-state index is -0.370. The highest BCUT2D eigenvalue weighted by Gasteiger charge is 2.32. The van der Waals surface area contributed by atoms with E-state index in [1.165, 1.54) is 5.56 Å². The van der Waals surface area contributed by atoms with Crippen LogP contribution in [0.25, 0.3) is 16.3 Å². The predicted molar refractivity (Wildman–Crippen MR) is 168 cm³/mol. The Balaban J connectivity index is 1.44. The molecule has 4 heterocycles. The van der Waals surface area contributed by atoms with E-state index in [4.69, 9.17) is 28.3 Å². The minimum Gasteiger partial charge on any atom is -0.390 e. The summed E-state index contributed by atoms with van der Waals surface area (Å²) in [4.78, 5) is 17.7. The molecule has 7 nitrogen and oxygen atoms in total. The highest BCUT2D eigenvalue weighted by atomic mass is 35.5. The van der Waals surface area contributed by atoms with E-state index in [0.29, 0.717) is 41.1 Å². The van der Waals surface area contributed by atoms with Crippen molar-refractivity contribution >= 4 is 40.4 Å². The molecule has 2 aromatic heterocycles. The number of nitrogens with zero attached hydrogens (tertiary/aromatic N) is 4. The van der Waals surface area contributed by atoms with Crippen LogP contribution in [-0.4, -0.2) is 63.0 Å². The minimum absolute atomic E-state index is 0.256. The van der Waals surface area contributed by atoms with Crippen LogP contribution in [0, 0.1) is 18.8 Å². The number of hydrogen-bond donors (Lipinski definition) is 2. The van der Waals surface area contributed by atoms with Crippen molar-refractivity contribution in [2.75, 3.05) is 26.2 Å². The molecule has 0 radical (unpaired) electrons. The molecular formula is C32H31Cl2N5O2S. The summed E-state index contributed by atoms with van der Waals surface area (Å²) in [5, 5.41) is 17.8. The maximum Gasteiger partial charge on any atom is 0.286 e. The molecule has 2 aromatic carbocycles. The summed E-state index contributed by atoms with van der Waals surface area (Å²) >= 11 is 14.5. The summed E-state index contributed by atoms with van der Waals surface area (Å²) in [6.07, 6.45) is 2.88. The summed E-state index contributed by atoms with van der Waals surface area (Å²) in [6, 6.07) is 17.4. The Kier molecular flexibility index (Phi) is 8.68. The molecule has 216 valence electrons. The second-order valence-electron chi connectivity index (χ2n) is 10.8. The third-order valence-electron chi connectivity index (χ3n) is 7.49. The highest BCUT2D eigenvalue weighted by Crippen LogP contribution is 2.37. The SMILES string of the molecule is Cc1ccc(C#Cc2ccc(-c3c(CN4CC(O)C4)c(C(=O)NN4CCCCC4)nn3-c3ccc(Cl)cc3Cl)s2)cc1. The molecule has 0 saturated carbocycles. The zero-order valence-corrected chi connectivity index (χ0v) is 25.6. The van der Waals surface area contributed by atoms with Gasteiger partial charge in [0.25, 0.3) is 5.91 Å². The number of aliphatic hydroxyl groups excluding tert-OH is 1. The van der Waals surface area contributed by atoms with Gasteiger partial charge in [-0.15, -0.1) is 11.3 Å². The predicted octanol–water partition coefficient (Wildman–Crippen LogP) is 5.92. The lowest BCUT2D eigenvalue weighted by Crippen LogP contribution is -2.50. The van der Waals surface area contributed by atoms with Gasteiger partial charge >= 0.3 is 0 Å². The first-order valence-electron chi connectivity index (χ1n) is 14.1. The molecule has 0 unspecified atom stereocenters. The zero-order valence-electron chi connectivity index (χ0n) is 23.2. The molecule has 0 atom stereocenters. The summed E-state index contributed by atoms with van der Waals surface area (Å²) in [5.74, 6) is 6.28. The van der Waals surface area contributed by atoms with E-state index in [-0.39, 0.29) is 12.0 Å². The van der Waals surface area contributed by atoms with Crippen LogP contribution in [0.4, 0.5) is 0 Å². The van der Waals surface area contributed by atoms with Gasteiger partial charge in [0, 0.05) is 48.9 Å². The molecule has 4 aromatic rings. The fraction of sp³-hybridized carbons (Fsp3) is 0.312. The largest absolute Gasteiger partial charge is 0.390 e. The fourth-order valence-corrected chi connectivity index (χ4v) is 6.67. The molecule has 42 heavy (non-hydrogen) atoms. The number of benzene rings is 2. The van der Waals surface area contributed by atoms with Crippen LogP contribution in [-0.2, 0) is 6.54 Å². The van der Waals surface area contributed by atoms with Gasteiger partial charge in [-0.2, -0.15) is 5.10 Å². The van der Waals surface area contributed by atoms with Crippen molar-refractivity contribution in [3.8, 4) is 28.1 Å². The molecule has 2 aliphatic heterocycles. The van der Waals surface area contributed by atoms with Gasteiger partial charge < -0.3 is 5.11 Å². The average Bonchev–Trinajstić information content (AvgIpc) is 3.57. The van der Waals surface area contributed by atoms with Crippen molar-refractivity contribution in [2.24, 2.45) is 0 Å². The monoisotopic (exact) mass is 619 g/mol. The maximum absolute atomic E-state index is 13.8. The number of rotatable bonds is 6. The van der Waals surface area contributed by atoms with Gasteiger partial charge in [0.05, 0.1) is 32.3 Å². The van der Waals surface area contributed by atoms with Crippen LogP contribution in [0.5, 0.6) is 0 Å². The number of aryl methyl sites for hydroxylation is 1. The van der Waals surface area contributed by atoms with E-state index in [1.807, 2.05) is 47.5 Å². The number of nitrogens with one attached hydrogen (secondary N) is 1. The number of piperidine rings is 1. The van der Waals surface area contributed by atoms with E-state index < -0.39 is 0 Å². The number of aromatic nitrogens is 2. The van der Waals surface area contributed by atoms with Crippen LogP contribution in [0.2, 0.25) is 10.0 Å². The summed E-state index contributed by atoms with van der Waals surface area (Å²) in [6.45, 7) is 5.21. The second-order valence-corrected chi connectivity index (χ2v) is 12.7. The van der Waals surface area contributed by atoms with E-state index in [0.717, 1.165) is 58.9 Å². The molecule has 6 rings (SSSR count). The quantitative estimate of drug-likeness (QED) is 0.262. The number of halogens is 2. The molecule has 0 spiro atoms. The molecule has 1 amide bonds. The third-order valence-corrected chi connectivity index (χ3v) is 9.04. The lowest BCUT2D eigenvalue weighted by atomic mass is 10.1. The van der Waals surface area contributed by atoms with Crippen molar-refractivity contribution in [3.05, 3.63) is 91.9 Å². The zero-order chi connectivity index (χ0) is 29.2. The number of hydrogen-bond acceptors (Lipinski definition) is 6. The Morgan fingerprint density at radius 1 is 1.05 bits per heavy atom. The number of β-amino-alcohol motifs (C(OH)–C–C–N with tert-alkyl or cyclic N) is 1. The van der Waals surface area contributed by atoms with Gasteiger partial charge in [-0.25, -0.2) is 9.69 Å². The van der Waals surface area contributed by atoms with Crippen LogP contribution < -0.4 is 5.43 Å². The van der Waals surface area contributed by atoms with Crippen molar-refractivity contribution in [1.82, 2.24) is 25.1 Å². The Labute approximate surface area is 259 Å². The van der Waals surface area contributed by atoms with E-state index >= 15 is 0 Å². The Bertz CT molecular complexity index is 1660. The number of likely N-dealkylation sites (tertiary alicyclic amines) is 1.